The molecule has 1 aromatic carbocycles. The largest absolute Gasteiger partial charge is 0.506 e. The van der Waals surface area contributed by atoms with Gasteiger partial charge in [-0.25, -0.2) is 0 Å². The SMILES string of the molecule is O=C1CCCN2[C@H]3[C@@]45CN6CCCC/C=C\CC[C@@]3(O[C@]2(CC1)C4)C(c1nccc2c1[nH]c1c(O)cccc12)=C[C@@H]5CC6. The Morgan fingerprint density at radius 2 is 1.88 bits per heavy atom. The van der Waals surface area contributed by atoms with E-state index in [1.807, 2.05) is 12.3 Å². The van der Waals surface area contributed by atoms with Crippen molar-refractivity contribution in [1.29, 1.82) is 0 Å². The van der Waals surface area contributed by atoms with Crippen LogP contribution in [0.1, 0.15) is 76.3 Å². The molecule has 5 bridgehead atoms. The van der Waals surface area contributed by atoms with Crippen LogP contribution in [0, 0.1) is 11.3 Å². The van der Waals surface area contributed by atoms with Crippen LogP contribution < -0.4 is 0 Å². The van der Waals surface area contributed by atoms with Crippen LogP contribution in [0.2, 0.25) is 0 Å². The summed E-state index contributed by atoms with van der Waals surface area (Å²) in [5, 5.41) is 12.9. The van der Waals surface area contributed by atoms with Gasteiger partial charge in [-0.05, 0) is 88.9 Å². The number of aromatic amines is 1. The van der Waals surface area contributed by atoms with E-state index in [4.69, 9.17) is 9.72 Å². The molecule has 2 N–H and O–H groups in total. The number of H-pyrrole nitrogens is 1. The average Bonchev–Trinajstić information content (AvgIpc) is 3.59. The molecule has 6 aliphatic rings. The van der Waals surface area contributed by atoms with Crippen molar-refractivity contribution in [3.05, 3.63) is 54.4 Å². The number of nitrogens with zero attached hydrogens (tertiary/aromatic N) is 3. The highest BCUT2D eigenvalue weighted by Crippen LogP contribution is 2.71. The fourth-order valence-electron chi connectivity index (χ4n) is 10.4. The van der Waals surface area contributed by atoms with Gasteiger partial charge in [-0.1, -0.05) is 30.4 Å². The Balaban J connectivity index is 1.29. The maximum Gasteiger partial charge on any atom is 0.139 e. The molecule has 0 amide bonds. The van der Waals surface area contributed by atoms with E-state index in [1.54, 1.807) is 6.07 Å². The predicted octanol–water partition coefficient (Wildman–Crippen LogP) is 6.33. The van der Waals surface area contributed by atoms with Gasteiger partial charge in [0.2, 0.25) is 0 Å². The monoisotopic (exact) mass is 578 g/mol. The van der Waals surface area contributed by atoms with Gasteiger partial charge < -0.3 is 19.7 Å². The van der Waals surface area contributed by atoms with Crippen molar-refractivity contribution in [2.75, 3.05) is 26.2 Å². The highest BCUT2D eigenvalue weighted by atomic mass is 16.6. The van der Waals surface area contributed by atoms with Gasteiger partial charge in [0, 0.05) is 53.9 Å². The van der Waals surface area contributed by atoms with E-state index in [0.717, 1.165) is 92.1 Å². The molecule has 224 valence electrons. The molecular formula is C36H42N4O3. The van der Waals surface area contributed by atoms with Crippen LogP contribution in [-0.4, -0.2) is 74.2 Å². The zero-order valence-electron chi connectivity index (χ0n) is 25.0. The van der Waals surface area contributed by atoms with Crippen molar-refractivity contribution >= 4 is 33.2 Å². The number of rotatable bonds is 1. The average molecular weight is 579 g/mol. The minimum Gasteiger partial charge on any atom is -0.506 e. The smallest absolute Gasteiger partial charge is 0.139 e. The molecule has 1 spiro atoms. The number of benzene rings is 1. The number of pyridine rings is 1. The fourth-order valence-corrected chi connectivity index (χ4v) is 10.4. The van der Waals surface area contributed by atoms with E-state index in [0.29, 0.717) is 24.5 Å². The van der Waals surface area contributed by atoms with Gasteiger partial charge in [-0.15, -0.1) is 0 Å². The molecule has 43 heavy (non-hydrogen) atoms. The fraction of sp³-hybridized carbons (Fsp3) is 0.556. The highest BCUT2D eigenvalue weighted by molar-refractivity contribution is 6.11. The Morgan fingerprint density at radius 3 is 2.84 bits per heavy atom. The Kier molecular flexibility index (Phi) is 5.83. The number of nitrogens with one attached hydrogen (secondary N) is 1. The molecule has 7 heteroatoms. The number of carbonyl (C=O) groups excluding carboxylic acids is 1. The van der Waals surface area contributed by atoms with E-state index in [1.165, 1.54) is 25.0 Å². The molecule has 6 atom stereocenters. The molecule has 4 fully saturated rings. The Hall–Kier alpha value is -3.00. The molecule has 9 rings (SSSR count). The number of fused-ring (bicyclic) bond motifs is 4. The Bertz CT molecular complexity index is 1690. The number of Topliss-reactive ketones (excluding diaryl/α,β-unsaturated/α-hetero) is 1. The third kappa shape index (κ3) is 3.65. The maximum absolute atomic E-state index is 12.9. The van der Waals surface area contributed by atoms with Gasteiger partial charge in [-0.3, -0.25) is 14.7 Å². The van der Waals surface area contributed by atoms with Gasteiger partial charge in [0.25, 0.3) is 0 Å². The lowest BCUT2D eigenvalue weighted by atomic mass is 9.53. The number of phenols is 1. The van der Waals surface area contributed by atoms with Crippen molar-refractivity contribution in [1.82, 2.24) is 19.8 Å². The van der Waals surface area contributed by atoms with E-state index in [-0.39, 0.29) is 17.2 Å². The van der Waals surface area contributed by atoms with Crippen molar-refractivity contribution in [3.8, 4) is 5.75 Å². The summed E-state index contributed by atoms with van der Waals surface area (Å²) in [5.74, 6) is 1.09. The quantitative estimate of drug-likeness (QED) is 0.329. The third-order valence-corrected chi connectivity index (χ3v) is 12.0. The second kappa shape index (κ2) is 9.50. The zero-order valence-corrected chi connectivity index (χ0v) is 25.0. The summed E-state index contributed by atoms with van der Waals surface area (Å²) < 4.78 is 7.67. The number of phenolic OH excluding ortho intramolecular Hbond substituents is 1. The molecule has 1 unspecified atom stereocenters. The first-order valence-corrected chi connectivity index (χ1v) is 16.7. The number of para-hydroxylation sites is 1. The molecule has 0 radical (unpaired) electrons. The number of piperidine rings is 1. The van der Waals surface area contributed by atoms with E-state index >= 15 is 0 Å². The minimum atomic E-state index is -0.510. The molecule has 3 aromatic rings. The molecule has 5 aliphatic heterocycles. The summed E-state index contributed by atoms with van der Waals surface area (Å²) in [6.45, 7) is 4.35. The molecule has 7 nitrogen and oxygen atoms in total. The molecule has 0 saturated carbocycles. The molecule has 1 aliphatic carbocycles. The first-order chi connectivity index (χ1) is 21.0. The number of aromatic hydroxyl groups is 1. The summed E-state index contributed by atoms with van der Waals surface area (Å²) in [6, 6.07) is 8.06. The summed E-state index contributed by atoms with van der Waals surface area (Å²) in [5.41, 5.74) is 3.13. The van der Waals surface area contributed by atoms with Crippen LogP contribution in [0.25, 0.3) is 27.4 Å². The maximum atomic E-state index is 12.9. The third-order valence-electron chi connectivity index (χ3n) is 12.0. The summed E-state index contributed by atoms with van der Waals surface area (Å²) in [4.78, 5) is 27.1. The van der Waals surface area contributed by atoms with Crippen LogP contribution in [0.4, 0.5) is 0 Å². The summed E-state index contributed by atoms with van der Waals surface area (Å²) in [7, 11) is 0. The number of allylic oxidation sites excluding steroid dienone is 3. The molecule has 7 heterocycles. The van der Waals surface area contributed by atoms with Crippen molar-refractivity contribution in [2.24, 2.45) is 11.3 Å². The van der Waals surface area contributed by atoms with Crippen molar-refractivity contribution in [2.45, 2.75) is 88.0 Å². The van der Waals surface area contributed by atoms with Gasteiger partial charge in [0.15, 0.2) is 0 Å². The minimum absolute atomic E-state index is 0.109. The van der Waals surface area contributed by atoms with Crippen LogP contribution in [0.15, 0.2) is 48.7 Å². The van der Waals surface area contributed by atoms with Gasteiger partial charge in [-0.2, -0.15) is 0 Å². The van der Waals surface area contributed by atoms with Gasteiger partial charge in [0.05, 0.1) is 22.8 Å². The highest BCUT2D eigenvalue weighted by Gasteiger charge is 2.77. The number of aromatic nitrogens is 2. The van der Waals surface area contributed by atoms with Crippen LogP contribution in [-0.2, 0) is 9.53 Å². The lowest BCUT2D eigenvalue weighted by Gasteiger charge is -2.59. The summed E-state index contributed by atoms with van der Waals surface area (Å²) >= 11 is 0. The van der Waals surface area contributed by atoms with E-state index < -0.39 is 11.3 Å². The number of carbonyl (C=O) groups is 1. The first-order valence-electron chi connectivity index (χ1n) is 16.7. The van der Waals surface area contributed by atoms with Crippen molar-refractivity contribution in [3.63, 3.8) is 0 Å². The lowest BCUT2D eigenvalue weighted by Crippen LogP contribution is -2.65. The zero-order chi connectivity index (χ0) is 28.8. The van der Waals surface area contributed by atoms with E-state index in [9.17, 15) is 9.90 Å². The second-order valence-electron chi connectivity index (χ2n) is 14.3. The molecule has 4 saturated heterocycles. The number of hydrogen-bond donors (Lipinski definition) is 2. The van der Waals surface area contributed by atoms with Gasteiger partial charge in [0.1, 0.15) is 22.9 Å². The second-order valence-corrected chi connectivity index (χ2v) is 14.3. The Morgan fingerprint density at radius 1 is 0.977 bits per heavy atom. The molecular weight excluding hydrogens is 536 g/mol. The predicted molar refractivity (Wildman–Crippen MR) is 168 cm³/mol. The van der Waals surface area contributed by atoms with Crippen molar-refractivity contribution < 1.29 is 14.6 Å². The van der Waals surface area contributed by atoms with Crippen LogP contribution in [0.5, 0.6) is 5.75 Å². The first kappa shape index (κ1) is 26.4. The number of ether oxygens (including phenoxy) is 1. The van der Waals surface area contributed by atoms with Crippen LogP contribution in [0.3, 0.4) is 0 Å². The lowest BCUT2D eigenvalue weighted by molar-refractivity contribution is -0.178. The number of hydrogen-bond acceptors (Lipinski definition) is 6. The number of ketones is 1. The normalized spacial score (nSPS) is 38.6. The Labute approximate surface area is 253 Å². The van der Waals surface area contributed by atoms with E-state index in [2.05, 4.69) is 45.1 Å². The van der Waals surface area contributed by atoms with Gasteiger partial charge >= 0.3 is 0 Å². The summed E-state index contributed by atoms with van der Waals surface area (Å²) in [6.07, 6.45) is 20.0. The van der Waals surface area contributed by atoms with Crippen LogP contribution >= 0.6 is 0 Å². The molecule has 2 aromatic heterocycles. The standard InChI is InChI=1S/C36H42N4O3/c41-25-9-8-19-40-33-34-22-35(40,16-12-25)43-36(33)15-5-3-1-2-4-6-18-39(23-34)20-14-24(34)21-28(36)32-31-27(13-17-37-32)26-10-7-11-29(42)30(26)38-31/h1,3,7,10-11,13,17,21,24,33,38,42H,2,4-6,8-9,12,14-16,18-20,22-23H2/b3-1-/t24-,33-,34+,35+,36+/m0/s1. The topological polar surface area (TPSA) is 81.7 Å².